The van der Waals surface area contributed by atoms with E-state index in [9.17, 15) is 40.7 Å². The molecule has 0 spiro atoms. The molecular weight excluding hydrogens is 1630 g/mol. The summed E-state index contributed by atoms with van der Waals surface area (Å²) in [6.07, 6.45) is 3.89. The number of esters is 2. The zero-order chi connectivity index (χ0) is 89.7. The largest absolute Gasteiger partial charge is 0.481 e. The molecule has 3 aliphatic rings. The molecule has 0 bridgehead atoms. The summed E-state index contributed by atoms with van der Waals surface area (Å²) in [6.45, 7) is 38.4. The first-order valence-electron chi connectivity index (χ1n) is 41.6. The Morgan fingerprint density at radius 1 is 0.423 bits per heavy atom. The van der Waals surface area contributed by atoms with Crippen molar-refractivity contribution in [3.63, 3.8) is 0 Å². The minimum atomic E-state index is -2.65. The molecule has 3 saturated heterocycles. The number of carboxylic acids is 1. The average molecular weight is 1750 g/mol. The highest BCUT2D eigenvalue weighted by atomic mass is 28.3. The van der Waals surface area contributed by atoms with Gasteiger partial charge in [0.2, 0.25) is 35.5 Å². The van der Waals surface area contributed by atoms with Crippen LogP contribution in [0, 0.1) is 16.2 Å². The molecule has 666 valence electrons. The molecule has 34 heteroatoms. The van der Waals surface area contributed by atoms with Crippen LogP contribution in [0.3, 0.4) is 0 Å². The van der Waals surface area contributed by atoms with Crippen LogP contribution >= 0.6 is 0 Å². The van der Waals surface area contributed by atoms with Gasteiger partial charge in [-0.2, -0.15) is 15.0 Å². The summed E-state index contributed by atoms with van der Waals surface area (Å²) >= 11 is 0. The van der Waals surface area contributed by atoms with E-state index in [1.807, 2.05) is 142 Å². The number of hydrogen-bond acceptors (Lipinski definition) is 22. The maximum Gasteiger partial charge on any atom is 0.315 e. The Balaban J connectivity index is 0.000000196. The summed E-state index contributed by atoms with van der Waals surface area (Å²) in [5.41, 5.74) is 4.14. The standard InChI is InChI=1S/2C33H47F2N5O4Si.C23H25F2N5O3/c1-31(2,3)44-29(41)32(4,5)22-43-27-14-13-26(21-36-27)24-9-11-25(12-10-24)28-37-30(39-17-15-33(34,35)16-18-39)38-40(28)23-42-19-20-45(6,7)8;1-31(2,3)44-29(41)32(4,5)22-43-27-14-13-26(21-36-27)24-9-11-25(12-10-24)28-37-30(39-17-15-33(34,35)16-18-39)40(38-28)23-42-19-20-45(6,7)8;1-22(2,20(31)32)14-33-18-8-7-17(13-26-18)15-3-5-16(6-4-15)19-27-21(29-28-19)30-11-9-23(24,25)10-12-30/h2*9-14,21H,15-20,22-23H2,1-8H3;3-8,13H,9-12,14H2,1-2H3,(H,31,32)(H,27,28,29). The molecule has 2 N–H and O–H groups in total. The van der Waals surface area contributed by atoms with E-state index in [1.165, 1.54) is 0 Å². The van der Waals surface area contributed by atoms with Crippen molar-refractivity contribution in [1.29, 1.82) is 0 Å². The van der Waals surface area contributed by atoms with Crippen LogP contribution in [0.2, 0.25) is 51.4 Å². The summed E-state index contributed by atoms with van der Waals surface area (Å²) in [6, 6.07) is 36.3. The number of piperidine rings is 3. The van der Waals surface area contributed by atoms with Gasteiger partial charge in [-0.15, -0.1) is 15.3 Å². The van der Waals surface area contributed by atoms with E-state index in [1.54, 1.807) is 92.6 Å². The second-order valence-corrected chi connectivity index (χ2v) is 49.1. The van der Waals surface area contributed by atoms with Gasteiger partial charge < -0.3 is 53.0 Å². The van der Waals surface area contributed by atoms with Crippen LogP contribution in [-0.2, 0) is 46.8 Å². The molecule has 0 aliphatic carbocycles. The minimum Gasteiger partial charge on any atom is -0.481 e. The van der Waals surface area contributed by atoms with E-state index in [0.717, 1.165) is 62.2 Å². The predicted molar refractivity (Wildman–Crippen MR) is 467 cm³/mol. The van der Waals surface area contributed by atoms with Crippen LogP contribution in [0.25, 0.3) is 67.5 Å². The summed E-state index contributed by atoms with van der Waals surface area (Å²) in [7, 11) is -2.51. The molecule has 3 aromatic carbocycles. The number of anilines is 3. The van der Waals surface area contributed by atoms with Gasteiger partial charge in [-0.3, -0.25) is 19.5 Å². The number of hydrogen-bond donors (Lipinski definition) is 2. The third-order valence-corrected chi connectivity index (χ3v) is 23.8. The van der Waals surface area contributed by atoms with E-state index in [-0.39, 0.29) is 123 Å². The van der Waals surface area contributed by atoms with E-state index in [0.29, 0.717) is 66.2 Å². The van der Waals surface area contributed by atoms with Crippen LogP contribution < -0.4 is 28.9 Å². The van der Waals surface area contributed by atoms with Gasteiger partial charge in [-0.25, -0.2) is 50.7 Å². The van der Waals surface area contributed by atoms with Crippen LogP contribution in [0.5, 0.6) is 17.6 Å². The number of H-pyrrole nitrogens is 1. The maximum absolute atomic E-state index is 13.9. The van der Waals surface area contributed by atoms with Crippen LogP contribution in [0.1, 0.15) is 122 Å². The first kappa shape index (κ1) is 94.9. The van der Waals surface area contributed by atoms with Crippen LogP contribution in [0.4, 0.5) is 44.2 Å². The van der Waals surface area contributed by atoms with Gasteiger partial charge in [0.1, 0.15) is 44.5 Å². The third kappa shape index (κ3) is 28.6. The van der Waals surface area contributed by atoms with Crippen molar-refractivity contribution in [2.75, 3.05) is 87.0 Å². The Morgan fingerprint density at radius 2 is 0.772 bits per heavy atom. The fourth-order valence-corrected chi connectivity index (χ4v) is 13.9. The van der Waals surface area contributed by atoms with E-state index >= 15 is 0 Å². The van der Waals surface area contributed by atoms with Gasteiger partial charge in [0.15, 0.2) is 17.5 Å². The van der Waals surface area contributed by atoms with Crippen LogP contribution in [0.15, 0.2) is 128 Å². The fraction of sp³-hybridized carbons (Fsp3) is 0.528. The molecular formula is C89H119F6N15O11Si2. The van der Waals surface area contributed by atoms with Crippen molar-refractivity contribution < 1.29 is 79.0 Å². The summed E-state index contributed by atoms with van der Waals surface area (Å²) in [5, 5.41) is 25.6. The first-order chi connectivity index (χ1) is 57.4. The Hall–Kier alpha value is -10.3. The van der Waals surface area contributed by atoms with Gasteiger partial charge in [0, 0.05) is 177 Å². The Bertz CT molecular complexity index is 4920. The lowest BCUT2D eigenvalue weighted by Gasteiger charge is -2.32. The number of pyridine rings is 3. The number of ether oxygens (including phenoxy) is 7. The molecule has 6 aromatic heterocycles. The van der Waals surface area contributed by atoms with Crippen molar-refractivity contribution >= 4 is 51.9 Å². The number of nitrogens with zero attached hydrogens (tertiary/aromatic N) is 14. The summed E-state index contributed by atoms with van der Waals surface area (Å²) in [4.78, 5) is 68.8. The van der Waals surface area contributed by atoms with Crippen molar-refractivity contribution in [3.05, 3.63) is 128 Å². The second kappa shape index (κ2) is 39.3. The molecule has 123 heavy (non-hydrogen) atoms. The van der Waals surface area contributed by atoms with Crippen molar-refractivity contribution in [3.8, 4) is 85.2 Å². The van der Waals surface area contributed by atoms with E-state index < -0.39 is 67.3 Å². The van der Waals surface area contributed by atoms with Crippen LogP contribution in [-0.4, -0.2) is 200 Å². The number of aliphatic carboxylic acids is 1. The molecule has 0 amide bonds. The van der Waals surface area contributed by atoms with Gasteiger partial charge >= 0.3 is 17.9 Å². The lowest BCUT2D eigenvalue weighted by molar-refractivity contribution is -0.168. The molecule has 0 atom stereocenters. The topological polar surface area (TPSA) is 287 Å². The fourth-order valence-electron chi connectivity index (χ4n) is 12.4. The second-order valence-electron chi connectivity index (χ2n) is 37.9. The zero-order valence-corrected chi connectivity index (χ0v) is 76.0. The predicted octanol–water partition coefficient (Wildman–Crippen LogP) is 18.9. The molecule has 3 fully saturated rings. The Morgan fingerprint density at radius 3 is 1.15 bits per heavy atom. The van der Waals surface area contributed by atoms with Gasteiger partial charge in [0.25, 0.3) is 17.8 Å². The van der Waals surface area contributed by atoms with Gasteiger partial charge in [-0.1, -0.05) is 112 Å². The zero-order valence-electron chi connectivity index (χ0n) is 74.0. The number of benzene rings is 3. The lowest BCUT2D eigenvalue weighted by Crippen LogP contribution is -2.40. The van der Waals surface area contributed by atoms with E-state index in [2.05, 4.69) is 74.5 Å². The number of aromatic amines is 1. The number of carbonyl (C=O) groups excluding carboxylic acids is 2. The molecule has 12 rings (SSSR count). The number of carbonyl (C=O) groups is 3. The summed E-state index contributed by atoms with van der Waals surface area (Å²) in [5.74, 6) is -5.20. The first-order valence-corrected chi connectivity index (χ1v) is 49.0. The molecule has 9 aromatic rings. The normalized spacial score (nSPS) is 15.7. The van der Waals surface area contributed by atoms with Gasteiger partial charge in [0.05, 0.1) is 16.2 Å². The number of rotatable bonds is 31. The van der Waals surface area contributed by atoms with Crippen molar-refractivity contribution in [1.82, 2.24) is 59.7 Å². The highest BCUT2D eigenvalue weighted by molar-refractivity contribution is 6.76. The number of alkyl halides is 6. The third-order valence-electron chi connectivity index (χ3n) is 20.4. The minimum absolute atomic E-state index is 0.0163. The average Bonchev–Trinajstić information content (AvgIpc) is 1.64. The number of carboxylic acid groups (broad SMARTS) is 1. The number of halogens is 6. The molecule has 9 heterocycles. The summed E-state index contributed by atoms with van der Waals surface area (Å²) < 4.78 is 126. The van der Waals surface area contributed by atoms with Crippen molar-refractivity contribution in [2.24, 2.45) is 16.2 Å². The quantitative estimate of drug-likeness (QED) is 0.0177. The molecule has 0 radical (unpaired) electrons. The molecule has 0 saturated carbocycles. The number of nitrogens with one attached hydrogen (secondary N) is 1. The lowest BCUT2D eigenvalue weighted by atomic mass is 9.94. The highest BCUT2D eigenvalue weighted by Gasteiger charge is 2.40. The monoisotopic (exact) mass is 1740 g/mol. The Kier molecular flexibility index (Phi) is 30.3. The molecule has 0 unspecified atom stereocenters. The smallest absolute Gasteiger partial charge is 0.315 e. The maximum atomic E-state index is 13.9. The van der Waals surface area contributed by atoms with Crippen molar-refractivity contribution in [2.45, 2.75) is 215 Å². The SMILES string of the molecule is CC(C)(C)OC(=O)C(C)(C)COc1ccc(-c2ccc(-c3nc(N4CCC(F)(F)CC4)n(COCC[Si](C)(C)C)n3)cc2)cn1.CC(C)(C)OC(=O)C(C)(C)COc1ccc(-c2ccc(-c3nc(N4CCC(F)(F)CC4)nn3COCC[Si](C)(C)C)cc2)cn1.CC(C)(COc1ccc(-c2ccc(-c3nc(N4CCC(F)(F)CC4)n[nH]3)cc2)cn1)C(=O)O. The van der Waals surface area contributed by atoms with E-state index in [4.69, 9.17) is 53.3 Å². The van der Waals surface area contributed by atoms with Gasteiger partial charge in [-0.05, 0) is 130 Å². The Labute approximate surface area is 718 Å². The molecule has 3 aliphatic heterocycles. The molecule has 26 nitrogen and oxygen atoms in total. The number of aromatic nitrogens is 12. The highest BCUT2D eigenvalue weighted by Crippen LogP contribution is 2.37.